The van der Waals surface area contributed by atoms with Crippen molar-refractivity contribution in [2.75, 3.05) is 19.6 Å². The molecule has 1 rings (SSSR count). The first-order chi connectivity index (χ1) is 5.88. The molecule has 0 atom stereocenters. The van der Waals surface area contributed by atoms with Crippen molar-refractivity contribution in [1.29, 1.82) is 0 Å². The second kappa shape index (κ2) is 3.70. The third kappa shape index (κ3) is 3.39. The van der Waals surface area contributed by atoms with Gasteiger partial charge in [-0.25, -0.2) is 0 Å². The van der Waals surface area contributed by atoms with Gasteiger partial charge in [0.1, 0.15) is 0 Å². The molecule has 0 saturated carbocycles. The summed E-state index contributed by atoms with van der Waals surface area (Å²) >= 11 is 0. The highest BCUT2D eigenvalue weighted by atomic mass is 15.2. The number of rotatable bonds is 3. The minimum atomic E-state index is 0.393. The highest BCUT2D eigenvalue weighted by Gasteiger charge is 2.26. The summed E-state index contributed by atoms with van der Waals surface area (Å²) in [6.07, 6.45) is 0. The first kappa shape index (κ1) is 10.6. The Bertz CT molecular complexity index is 185. The molecule has 1 aliphatic heterocycles. The SMILES string of the molecule is C=C(C)N1CC(NCC(C)(C)C)C1. The summed E-state index contributed by atoms with van der Waals surface area (Å²) < 4.78 is 0. The molecule has 0 amide bonds. The second-order valence-corrected chi connectivity index (χ2v) is 5.28. The Morgan fingerprint density at radius 3 is 2.38 bits per heavy atom. The fourth-order valence-electron chi connectivity index (χ4n) is 1.37. The highest BCUT2D eigenvalue weighted by Crippen LogP contribution is 2.16. The van der Waals surface area contributed by atoms with Gasteiger partial charge >= 0.3 is 0 Å². The highest BCUT2D eigenvalue weighted by molar-refractivity contribution is 4.99. The van der Waals surface area contributed by atoms with Crippen molar-refractivity contribution >= 4 is 0 Å². The van der Waals surface area contributed by atoms with Gasteiger partial charge in [0, 0.05) is 31.4 Å². The van der Waals surface area contributed by atoms with Crippen LogP contribution in [0.4, 0.5) is 0 Å². The summed E-state index contributed by atoms with van der Waals surface area (Å²) in [5.41, 5.74) is 1.58. The fourth-order valence-corrected chi connectivity index (χ4v) is 1.37. The monoisotopic (exact) mass is 182 g/mol. The first-order valence-corrected chi connectivity index (χ1v) is 5.02. The van der Waals surface area contributed by atoms with Gasteiger partial charge < -0.3 is 10.2 Å². The van der Waals surface area contributed by atoms with Crippen molar-refractivity contribution in [2.45, 2.75) is 33.7 Å². The third-order valence-corrected chi connectivity index (χ3v) is 2.34. The van der Waals surface area contributed by atoms with Crippen LogP contribution < -0.4 is 5.32 Å². The van der Waals surface area contributed by atoms with Crippen LogP contribution in [0.3, 0.4) is 0 Å². The molecule has 0 aromatic carbocycles. The molecule has 1 fully saturated rings. The summed E-state index contributed by atoms with van der Waals surface area (Å²) in [6.45, 7) is 16.1. The summed E-state index contributed by atoms with van der Waals surface area (Å²) in [5.74, 6) is 0. The van der Waals surface area contributed by atoms with Crippen molar-refractivity contribution in [3.05, 3.63) is 12.3 Å². The van der Waals surface area contributed by atoms with Crippen LogP contribution in [0.15, 0.2) is 12.3 Å². The van der Waals surface area contributed by atoms with Crippen LogP contribution in [0.5, 0.6) is 0 Å². The Labute approximate surface area is 82.0 Å². The zero-order valence-corrected chi connectivity index (χ0v) is 9.35. The van der Waals surface area contributed by atoms with Gasteiger partial charge in [0.05, 0.1) is 0 Å². The molecule has 0 spiro atoms. The Morgan fingerprint density at radius 2 is 2.00 bits per heavy atom. The predicted molar refractivity (Wildman–Crippen MR) is 57.6 cm³/mol. The molecule has 2 nitrogen and oxygen atoms in total. The van der Waals surface area contributed by atoms with E-state index >= 15 is 0 Å². The van der Waals surface area contributed by atoms with E-state index in [1.807, 2.05) is 0 Å². The molecule has 1 N–H and O–H groups in total. The number of allylic oxidation sites excluding steroid dienone is 1. The Kier molecular flexibility index (Phi) is 3.01. The van der Waals surface area contributed by atoms with E-state index in [0.29, 0.717) is 11.5 Å². The van der Waals surface area contributed by atoms with Crippen molar-refractivity contribution < 1.29 is 0 Å². The van der Waals surface area contributed by atoms with E-state index in [-0.39, 0.29) is 0 Å². The maximum absolute atomic E-state index is 3.92. The topological polar surface area (TPSA) is 15.3 Å². The zero-order valence-electron chi connectivity index (χ0n) is 9.35. The maximum Gasteiger partial charge on any atom is 0.0420 e. The standard InChI is InChI=1S/C11H22N2/c1-9(2)13-6-10(7-13)12-8-11(3,4)5/h10,12H,1,6-8H2,2-5H3. The van der Waals surface area contributed by atoms with E-state index in [9.17, 15) is 0 Å². The smallest absolute Gasteiger partial charge is 0.0420 e. The van der Waals surface area contributed by atoms with Gasteiger partial charge in [-0.05, 0) is 12.3 Å². The molecule has 0 unspecified atom stereocenters. The molecular formula is C11H22N2. The molecule has 0 aromatic rings. The average molecular weight is 182 g/mol. The van der Waals surface area contributed by atoms with Crippen LogP contribution >= 0.6 is 0 Å². The van der Waals surface area contributed by atoms with E-state index in [1.54, 1.807) is 0 Å². The maximum atomic E-state index is 3.92. The predicted octanol–water partition coefficient (Wildman–Crippen LogP) is 1.84. The van der Waals surface area contributed by atoms with Gasteiger partial charge in [-0.1, -0.05) is 27.4 Å². The van der Waals surface area contributed by atoms with Gasteiger partial charge in [0.15, 0.2) is 0 Å². The summed E-state index contributed by atoms with van der Waals surface area (Å²) in [5, 5.41) is 3.56. The molecule has 1 aliphatic rings. The minimum Gasteiger partial charge on any atom is -0.372 e. The van der Waals surface area contributed by atoms with Gasteiger partial charge in [-0.2, -0.15) is 0 Å². The number of nitrogens with one attached hydrogen (secondary N) is 1. The van der Waals surface area contributed by atoms with Gasteiger partial charge in [0.2, 0.25) is 0 Å². The molecular weight excluding hydrogens is 160 g/mol. The summed E-state index contributed by atoms with van der Waals surface area (Å²) in [7, 11) is 0. The molecule has 1 saturated heterocycles. The molecule has 0 bridgehead atoms. The van der Waals surface area contributed by atoms with Crippen LogP contribution in [0, 0.1) is 5.41 Å². The number of nitrogens with zero attached hydrogens (tertiary/aromatic N) is 1. The number of likely N-dealkylation sites (tertiary alicyclic amines) is 1. The summed E-state index contributed by atoms with van der Waals surface area (Å²) in [4.78, 5) is 2.31. The fraction of sp³-hybridized carbons (Fsp3) is 0.818. The Balaban J connectivity index is 2.12. The van der Waals surface area contributed by atoms with E-state index < -0.39 is 0 Å². The second-order valence-electron chi connectivity index (χ2n) is 5.28. The summed E-state index contributed by atoms with van der Waals surface area (Å²) in [6, 6.07) is 0.677. The average Bonchev–Trinajstić information content (AvgIpc) is 1.79. The van der Waals surface area contributed by atoms with E-state index in [1.165, 1.54) is 5.70 Å². The van der Waals surface area contributed by atoms with Crippen molar-refractivity contribution in [3.63, 3.8) is 0 Å². The van der Waals surface area contributed by atoms with E-state index in [4.69, 9.17) is 0 Å². The molecule has 0 aromatic heterocycles. The molecule has 1 heterocycles. The van der Waals surface area contributed by atoms with Gasteiger partial charge in [-0.3, -0.25) is 0 Å². The van der Waals surface area contributed by atoms with E-state index in [0.717, 1.165) is 19.6 Å². The van der Waals surface area contributed by atoms with Crippen molar-refractivity contribution in [2.24, 2.45) is 5.41 Å². The van der Waals surface area contributed by atoms with E-state index in [2.05, 4.69) is 44.5 Å². The lowest BCUT2D eigenvalue weighted by Crippen LogP contribution is -2.57. The Morgan fingerprint density at radius 1 is 1.46 bits per heavy atom. The normalized spacial score (nSPS) is 18.6. The van der Waals surface area contributed by atoms with Crippen LogP contribution in [0.25, 0.3) is 0 Å². The molecule has 13 heavy (non-hydrogen) atoms. The van der Waals surface area contributed by atoms with Crippen LogP contribution in [0.1, 0.15) is 27.7 Å². The van der Waals surface area contributed by atoms with Gasteiger partial charge in [-0.15, -0.1) is 0 Å². The van der Waals surface area contributed by atoms with Gasteiger partial charge in [0.25, 0.3) is 0 Å². The quantitative estimate of drug-likeness (QED) is 0.716. The minimum absolute atomic E-state index is 0.393. The first-order valence-electron chi connectivity index (χ1n) is 5.02. The van der Waals surface area contributed by atoms with Crippen LogP contribution in [0.2, 0.25) is 0 Å². The third-order valence-electron chi connectivity index (χ3n) is 2.34. The lowest BCUT2D eigenvalue weighted by Gasteiger charge is -2.42. The molecule has 0 radical (unpaired) electrons. The zero-order chi connectivity index (χ0) is 10.1. The number of hydrogen-bond donors (Lipinski definition) is 1. The largest absolute Gasteiger partial charge is 0.372 e. The van der Waals surface area contributed by atoms with Crippen LogP contribution in [-0.2, 0) is 0 Å². The lowest BCUT2D eigenvalue weighted by molar-refractivity contribution is 0.160. The van der Waals surface area contributed by atoms with Crippen LogP contribution in [-0.4, -0.2) is 30.6 Å². The van der Waals surface area contributed by atoms with Crippen molar-refractivity contribution in [3.8, 4) is 0 Å². The molecule has 0 aliphatic carbocycles. The van der Waals surface area contributed by atoms with Crippen molar-refractivity contribution in [1.82, 2.24) is 10.2 Å². The molecule has 76 valence electrons. The molecule has 2 heteroatoms. The Hall–Kier alpha value is -0.500. The number of hydrogen-bond acceptors (Lipinski definition) is 2. The lowest BCUT2D eigenvalue weighted by atomic mass is 9.96.